The molecular formula is C13H17ClF4N2O2. The summed E-state index contributed by atoms with van der Waals surface area (Å²) in [7, 11) is 0. The minimum Gasteiger partial charge on any atom is -0.403 e. The van der Waals surface area contributed by atoms with Crippen LogP contribution in [0.5, 0.6) is 5.75 Å². The first-order valence-corrected chi connectivity index (χ1v) is 6.51. The summed E-state index contributed by atoms with van der Waals surface area (Å²) >= 11 is 0. The van der Waals surface area contributed by atoms with Gasteiger partial charge in [-0.25, -0.2) is 4.39 Å². The second kappa shape index (κ2) is 7.96. The van der Waals surface area contributed by atoms with E-state index in [1.807, 2.05) is 4.90 Å². The van der Waals surface area contributed by atoms with E-state index < -0.39 is 24.0 Å². The van der Waals surface area contributed by atoms with Crippen LogP contribution in [0, 0.1) is 5.82 Å². The van der Waals surface area contributed by atoms with Crippen molar-refractivity contribution in [2.24, 2.45) is 0 Å². The Labute approximate surface area is 131 Å². The number of piperazine rings is 1. The molecule has 1 aliphatic heterocycles. The van der Waals surface area contributed by atoms with Crippen LogP contribution < -0.4 is 10.1 Å². The highest BCUT2D eigenvalue weighted by atomic mass is 35.5. The van der Waals surface area contributed by atoms with E-state index in [2.05, 4.69) is 10.1 Å². The zero-order valence-electron chi connectivity index (χ0n) is 11.6. The molecular weight excluding hydrogens is 328 g/mol. The second-order valence-electron chi connectivity index (χ2n) is 4.72. The molecule has 0 radical (unpaired) electrons. The molecule has 0 spiro atoms. The maximum Gasteiger partial charge on any atom is 0.573 e. The van der Waals surface area contributed by atoms with Crippen LogP contribution in [0.2, 0.25) is 0 Å². The van der Waals surface area contributed by atoms with Crippen molar-refractivity contribution in [3.63, 3.8) is 0 Å². The summed E-state index contributed by atoms with van der Waals surface area (Å²) in [6.45, 7) is 2.60. The van der Waals surface area contributed by atoms with Crippen molar-refractivity contribution in [1.29, 1.82) is 0 Å². The number of hydrogen-bond donors (Lipinski definition) is 2. The van der Waals surface area contributed by atoms with Crippen LogP contribution in [-0.4, -0.2) is 49.2 Å². The summed E-state index contributed by atoms with van der Waals surface area (Å²) in [6, 6.07) is 2.81. The highest BCUT2D eigenvalue weighted by Gasteiger charge is 2.32. The minimum absolute atomic E-state index is 0. The maximum absolute atomic E-state index is 13.7. The minimum atomic E-state index is -4.93. The normalized spacial score (nSPS) is 17.7. The summed E-state index contributed by atoms with van der Waals surface area (Å²) in [5.74, 6) is -1.97. The number of alkyl halides is 3. The van der Waals surface area contributed by atoms with E-state index in [1.165, 1.54) is 6.07 Å². The summed E-state index contributed by atoms with van der Waals surface area (Å²) in [6.07, 6.45) is -4.93. The molecule has 0 bridgehead atoms. The van der Waals surface area contributed by atoms with Crippen molar-refractivity contribution in [2.45, 2.75) is 12.4 Å². The van der Waals surface area contributed by atoms with E-state index in [0.29, 0.717) is 18.7 Å². The first-order chi connectivity index (χ1) is 9.90. The third-order valence-electron chi connectivity index (χ3n) is 3.33. The second-order valence-corrected chi connectivity index (χ2v) is 4.72. The predicted molar refractivity (Wildman–Crippen MR) is 74.6 cm³/mol. The molecule has 126 valence electrons. The fourth-order valence-corrected chi connectivity index (χ4v) is 2.36. The molecule has 1 heterocycles. The Morgan fingerprint density at radius 1 is 1.27 bits per heavy atom. The Morgan fingerprint density at radius 2 is 1.91 bits per heavy atom. The molecule has 0 unspecified atom stereocenters. The quantitative estimate of drug-likeness (QED) is 0.821. The van der Waals surface area contributed by atoms with Gasteiger partial charge < -0.3 is 15.2 Å². The lowest BCUT2D eigenvalue weighted by molar-refractivity contribution is -0.275. The lowest BCUT2D eigenvalue weighted by Crippen LogP contribution is -2.46. The summed E-state index contributed by atoms with van der Waals surface area (Å²) in [5.41, 5.74) is 0.423. The van der Waals surface area contributed by atoms with Gasteiger partial charge in [-0.3, -0.25) is 4.90 Å². The Balaban J connectivity index is 0.00000242. The van der Waals surface area contributed by atoms with Crippen molar-refractivity contribution >= 4 is 12.4 Å². The highest BCUT2D eigenvalue weighted by molar-refractivity contribution is 5.85. The van der Waals surface area contributed by atoms with Gasteiger partial charge in [-0.15, -0.1) is 25.6 Å². The first-order valence-electron chi connectivity index (χ1n) is 6.51. The lowest BCUT2D eigenvalue weighted by Gasteiger charge is -2.34. The summed E-state index contributed by atoms with van der Waals surface area (Å²) in [5, 5.41) is 12.6. The van der Waals surface area contributed by atoms with Gasteiger partial charge in [0.15, 0.2) is 11.6 Å². The van der Waals surface area contributed by atoms with Crippen molar-refractivity contribution in [1.82, 2.24) is 10.2 Å². The molecule has 1 fully saturated rings. The van der Waals surface area contributed by atoms with E-state index in [9.17, 15) is 22.7 Å². The van der Waals surface area contributed by atoms with E-state index >= 15 is 0 Å². The number of benzene rings is 1. The Morgan fingerprint density at radius 3 is 2.41 bits per heavy atom. The SMILES string of the molecule is Cl.OC[C@@H](c1ccc(OC(F)(F)F)c(F)c1)N1CCNCC1. The third-order valence-corrected chi connectivity index (χ3v) is 3.33. The Bertz CT molecular complexity index is 482. The van der Waals surface area contributed by atoms with Gasteiger partial charge in [-0.1, -0.05) is 6.07 Å². The number of ether oxygens (including phenoxy) is 1. The number of nitrogens with zero attached hydrogens (tertiary/aromatic N) is 1. The van der Waals surface area contributed by atoms with Crippen LogP contribution in [0.4, 0.5) is 17.6 Å². The Hall–Kier alpha value is -1.09. The van der Waals surface area contributed by atoms with Gasteiger partial charge >= 0.3 is 6.36 Å². The molecule has 9 heteroatoms. The summed E-state index contributed by atoms with van der Waals surface area (Å²) in [4.78, 5) is 1.95. The molecule has 1 aromatic rings. The van der Waals surface area contributed by atoms with E-state index in [0.717, 1.165) is 25.2 Å². The van der Waals surface area contributed by atoms with Crippen LogP contribution >= 0.6 is 12.4 Å². The van der Waals surface area contributed by atoms with Crippen molar-refractivity contribution < 1.29 is 27.4 Å². The van der Waals surface area contributed by atoms with Crippen molar-refractivity contribution in [2.75, 3.05) is 32.8 Å². The molecule has 1 atom stereocenters. The average Bonchev–Trinajstić information content (AvgIpc) is 2.42. The Kier molecular flexibility index (Phi) is 6.86. The standard InChI is InChI=1S/C13H16F4N2O2.ClH/c14-10-7-9(1-2-12(10)21-13(15,16)17)11(8-20)19-5-3-18-4-6-19;/h1-2,7,11,18,20H,3-6,8H2;1H/t11-;/m0./s1. The molecule has 0 amide bonds. The number of rotatable bonds is 4. The van der Waals surface area contributed by atoms with Crippen LogP contribution in [0.15, 0.2) is 18.2 Å². The molecule has 2 rings (SSSR count). The molecule has 0 aromatic heterocycles. The predicted octanol–water partition coefficient (Wildman–Crippen LogP) is 2.08. The molecule has 22 heavy (non-hydrogen) atoms. The molecule has 1 aliphatic rings. The van der Waals surface area contributed by atoms with Crippen molar-refractivity contribution in [3.05, 3.63) is 29.6 Å². The van der Waals surface area contributed by atoms with Gasteiger partial charge in [0.25, 0.3) is 0 Å². The molecule has 1 aromatic carbocycles. The fraction of sp³-hybridized carbons (Fsp3) is 0.538. The monoisotopic (exact) mass is 344 g/mol. The lowest BCUT2D eigenvalue weighted by atomic mass is 10.0. The number of aliphatic hydroxyl groups is 1. The molecule has 1 saturated heterocycles. The number of nitrogens with one attached hydrogen (secondary N) is 1. The molecule has 2 N–H and O–H groups in total. The smallest absolute Gasteiger partial charge is 0.403 e. The zero-order valence-corrected chi connectivity index (χ0v) is 12.4. The van der Waals surface area contributed by atoms with E-state index in [-0.39, 0.29) is 19.0 Å². The van der Waals surface area contributed by atoms with E-state index in [1.54, 1.807) is 0 Å². The van der Waals surface area contributed by atoms with Gasteiger partial charge in [0.2, 0.25) is 0 Å². The van der Waals surface area contributed by atoms with E-state index in [4.69, 9.17) is 0 Å². The van der Waals surface area contributed by atoms with Crippen LogP contribution in [-0.2, 0) is 0 Å². The number of hydrogen-bond acceptors (Lipinski definition) is 4. The maximum atomic E-state index is 13.7. The first kappa shape index (κ1) is 19.0. The van der Waals surface area contributed by atoms with Crippen LogP contribution in [0.1, 0.15) is 11.6 Å². The van der Waals surface area contributed by atoms with Gasteiger partial charge in [0.05, 0.1) is 12.6 Å². The summed E-state index contributed by atoms with van der Waals surface area (Å²) < 4.78 is 53.6. The zero-order chi connectivity index (χ0) is 15.5. The van der Waals surface area contributed by atoms with Crippen molar-refractivity contribution in [3.8, 4) is 5.75 Å². The molecule has 0 aliphatic carbocycles. The average molecular weight is 345 g/mol. The van der Waals surface area contributed by atoms with Gasteiger partial charge in [0.1, 0.15) is 0 Å². The number of halogens is 5. The van der Waals surface area contributed by atoms with Crippen LogP contribution in [0.25, 0.3) is 0 Å². The number of aliphatic hydroxyl groups excluding tert-OH is 1. The van der Waals surface area contributed by atoms with Gasteiger partial charge in [0, 0.05) is 26.2 Å². The fourth-order valence-electron chi connectivity index (χ4n) is 2.36. The van der Waals surface area contributed by atoms with Crippen LogP contribution in [0.3, 0.4) is 0 Å². The van der Waals surface area contributed by atoms with Gasteiger partial charge in [-0.05, 0) is 17.7 Å². The molecule has 0 saturated carbocycles. The third kappa shape index (κ3) is 4.98. The topological polar surface area (TPSA) is 44.7 Å². The highest BCUT2D eigenvalue weighted by Crippen LogP contribution is 2.29. The molecule has 4 nitrogen and oxygen atoms in total. The van der Waals surface area contributed by atoms with Gasteiger partial charge in [-0.2, -0.15) is 0 Å². The largest absolute Gasteiger partial charge is 0.573 e.